The van der Waals surface area contributed by atoms with Gasteiger partial charge in [0, 0.05) is 25.4 Å². The predicted octanol–water partition coefficient (Wildman–Crippen LogP) is 1.90. The molecule has 0 saturated heterocycles. The van der Waals surface area contributed by atoms with Gasteiger partial charge in [-0.25, -0.2) is 0 Å². The average Bonchev–Trinajstić information content (AvgIpc) is 2.36. The van der Waals surface area contributed by atoms with E-state index in [1.165, 1.54) is 19.3 Å². The number of carbonyl (C=O) groups excluding carboxylic acids is 1. The third-order valence-corrected chi connectivity index (χ3v) is 3.64. The Morgan fingerprint density at radius 2 is 2.20 bits per heavy atom. The quantitative estimate of drug-likeness (QED) is 0.851. The largest absolute Gasteiger partial charge is 0.365 e. The van der Waals surface area contributed by atoms with Gasteiger partial charge in [-0.15, -0.1) is 0 Å². The third-order valence-electron chi connectivity index (χ3n) is 3.64. The van der Waals surface area contributed by atoms with Crippen LogP contribution in [0.3, 0.4) is 0 Å². The van der Waals surface area contributed by atoms with Crippen molar-refractivity contribution >= 4 is 5.91 Å². The summed E-state index contributed by atoms with van der Waals surface area (Å²) in [5, 5.41) is 0. The molecule has 4 nitrogen and oxygen atoms in total. The SMILES string of the molecule is CCCC#Cc1cn(CC2CCC2)cc(C(N)=O)c1=O. The van der Waals surface area contributed by atoms with Gasteiger partial charge in [0.05, 0.1) is 5.56 Å². The first kappa shape index (κ1) is 14.4. The number of aromatic nitrogens is 1. The fourth-order valence-corrected chi connectivity index (χ4v) is 2.26. The molecule has 1 aromatic heterocycles. The average molecular weight is 272 g/mol. The molecule has 2 rings (SSSR count). The normalized spacial score (nSPS) is 14.2. The van der Waals surface area contributed by atoms with Crippen molar-refractivity contribution in [2.75, 3.05) is 0 Å². The van der Waals surface area contributed by atoms with Crippen LogP contribution in [0.5, 0.6) is 0 Å². The lowest BCUT2D eigenvalue weighted by molar-refractivity contribution is 0.0998. The maximum atomic E-state index is 12.1. The molecule has 0 aromatic carbocycles. The zero-order valence-electron chi connectivity index (χ0n) is 11.8. The first-order valence-corrected chi connectivity index (χ1v) is 7.14. The van der Waals surface area contributed by atoms with E-state index in [2.05, 4.69) is 11.8 Å². The first-order chi connectivity index (χ1) is 9.61. The molecule has 0 spiro atoms. The number of amides is 1. The molecule has 0 aliphatic heterocycles. The predicted molar refractivity (Wildman–Crippen MR) is 78.3 cm³/mol. The zero-order valence-corrected chi connectivity index (χ0v) is 11.8. The van der Waals surface area contributed by atoms with Gasteiger partial charge in [-0.05, 0) is 25.2 Å². The van der Waals surface area contributed by atoms with Crippen molar-refractivity contribution in [1.82, 2.24) is 4.57 Å². The fourth-order valence-electron chi connectivity index (χ4n) is 2.26. The van der Waals surface area contributed by atoms with Crippen molar-refractivity contribution in [3.63, 3.8) is 0 Å². The molecule has 1 heterocycles. The first-order valence-electron chi connectivity index (χ1n) is 7.14. The van der Waals surface area contributed by atoms with Crippen molar-refractivity contribution in [2.24, 2.45) is 11.7 Å². The highest BCUT2D eigenvalue weighted by molar-refractivity contribution is 5.92. The van der Waals surface area contributed by atoms with Crippen LogP contribution >= 0.6 is 0 Å². The Morgan fingerprint density at radius 1 is 1.45 bits per heavy atom. The van der Waals surface area contributed by atoms with E-state index in [9.17, 15) is 9.59 Å². The Hall–Kier alpha value is -2.02. The van der Waals surface area contributed by atoms with Gasteiger partial charge < -0.3 is 10.3 Å². The summed E-state index contributed by atoms with van der Waals surface area (Å²) >= 11 is 0. The molecule has 0 radical (unpaired) electrons. The van der Waals surface area contributed by atoms with Crippen molar-refractivity contribution in [2.45, 2.75) is 45.6 Å². The van der Waals surface area contributed by atoms with Crippen LogP contribution in [-0.2, 0) is 6.54 Å². The number of pyridine rings is 1. The second-order valence-corrected chi connectivity index (χ2v) is 5.32. The molecule has 0 atom stereocenters. The Balaban J connectivity index is 2.35. The standard InChI is InChI=1S/C16H20N2O2/c1-2-3-4-8-13-10-18(9-12-6-5-7-12)11-14(15(13)19)16(17)20/h10-12H,2-3,5-7,9H2,1H3,(H2,17,20). The van der Waals surface area contributed by atoms with E-state index < -0.39 is 5.91 Å². The highest BCUT2D eigenvalue weighted by atomic mass is 16.2. The second kappa shape index (κ2) is 6.42. The van der Waals surface area contributed by atoms with E-state index in [-0.39, 0.29) is 11.0 Å². The van der Waals surface area contributed by atoms with Gasteiger partial charge in [0.1, 0.15) is 5.56 Å². The molecule has 4 heteroatoms. The van der Waals surface area contributed by atoms with Gasteiger partial charge in [-0.2, -0.15) is 0 Å². The molecule has 0 unspecified atom stereocenters. The lowest BCUT2D eigenvalue weighted by Crippen LogP contribution is -2.27. The van der Waals surface area contributed by atoms with Crippen LogP contribution < -0.4 is 11.2 Å². The topological polar surface area (TPSA) is 65.1 Å². The van der Waals surface area contributed by atoms with E-state index in [0.29, 0.717) is 11.5 Å². The number of primary amides is 1. The van der Waals surface area contributed by atoms with Crippen molar-refractivity contribution in [3.8, 4) is 11.8 Å². The van der Waals surface area contributed by atoms with Crippen LogP contribution in [0, 0.1) is 17.8 Å². The number of unbranched alkanes of at least 4 members (excludes halogenated alkanes) is 1. The summed E-state index contributed by atoms with van der Waals surface area (Å²) in [6.45, 7) is 2.85. The van der Waals surface area contributed by atoms with E-state index in [4.69, 9.17) is 5.73 Å². The minimum atomic E-state index is -0.684. The molecular formula is C16H20N2O2. The number of carbonyl (C=O) groups is 1. The summed E-state index contributed by atoms with van der Waals surface area (Å²) < 4.78 is 1.89. The van der Waals surface area contributed by atoms with Gasteiger partial charge in [0.25, 0.3) is 5.91 Å². The summed E-state index contributed by atoms with van der Waals surface area (Å²) in [6.07, 6.45) is 8.66. The maximum absolute atomic E-state index is 12.1. The van der Waals surface area contributed by atoms with Crippen LogP contribution in [0.15, 0.2) is 17.2 Å². The van der Waals surface area contributed by atoms with Gasteiger partial charge in [0.2, 0.25) is 5.43 Å². The molecule has 106 valence electrons. The maximum Gasteiger partial charge on any atom is 0.254 e. The van der Waals surface area contributed by atoms with Crippen LogP contribution in [0.1, 0.15) is 54.9 Å². The molecule has 1 aliphatic rings. The molecule has 0 bridgehead atoms. The lowest BCUT2D eigenvalue weighted by Gasteiger charge is -2.26. The molecule has 20 heavy (non-hydrogen) atoms. The fraction of sp³-hybridized carbons (Fsp3) is 0.500. The molecule has 2 N–H and O–H groups in total. The third kappa shape index (κ3) is 3.30. The summed E-state index contributed by atoms with van der Waals surface area (Å²) in [6, 6.07) is 0. The summed E-state index contributed by atoms with van der Waals surface area (Å²) in [4.78, 5) is 23.5. The van der Waals surface area contributed by atoms with E-state index in [0.717, 1.165) is 19.4 Å². The molecule has 1 fully saturated rings. The zero-order chi connectivity index (χ0) is 14.5. The van der Waals surface area contributed by atoms with Crippen molar-refractivity contribution in [1.29, 1.82) is 0 Å². The van der Waals surface area contributed by atoms with Crippen molar-refractivity contribution < 1.29 is 4.79 Å². The molecule has 1 aromatic rings. The number of nitrogens with zero attached hydrogens (tertiary/aromatic N) is 1. The number of hydrogen-bond donors (Lipinski definition) is 1. The Kier molecular flexibility index (Phi) is 4.62. The Labute approximate surface area is 119 Å². The summed E-state index contributed by atoms with van der Waals surface area (Å²) in [5.74, 6) is 5.77. The van der Waals surface area contributed by atoms with E-state index in [1.54, 1.807) is 12.4 Å². The smallest absolute Gasteiger partial charge is 0.254 e. The van der Waals surface area contributed by atoms with Crippen LogP contribution in [-0.4, -0.2) is 10.5 Å². The van der Waals surface area contributed by atoms with E-state index in [1.807, 2.05) is 11.5 Å². The highest BCUT2D eigenvalue weighted by Crippen LogP contribution is 2.27. The highest BCUT2D eigenvalue weighted by Gasteiger charge is 2.19. The lowest BCUT2D eigenvalue weighted by atomic mass is 9.85. The van der Waals surface area contributed by atoms with Gasteiger partial charge in [0.15, 0.2) is 0 Å². The molecule has 1 saturated carbocycles. The molecular weight excluding hydrogens is 252 g/mol. The van der Waals surface area contributed by atoms with Gasteiger partial charge in [-0.1, -0.05) is 25.2 Å². The van der Waals surface area contributed by atoms with Crippen LogP contribution in [0.2, 0.25) is 0 Å². The second-order valence-electron chi connectivity index (χ2n) is 5.32. The Morgan fingerprint density at radius 3 is 2.75 bits per heavy atom. The minimum absolute atomic E-state index is 0.0348. The van der Waals surface area contributed by atoms with Crippen LogP contribution in [0.4, 0.5) is 0 Å². The molecule has 1 aliphatic carbocycles. The number of hydrogen-bond acceptors (Lipinski definition) is 2. The minimum Gasteiger partial charge on any atom is -0.365 e. The number of rotatable bonds is 4. The Bertz CT molecular complexity index is 616. The van der Waals surface area contributed by atoms with Crippen molar-refractivity contribution in [3.05, 3.63) is 33.7 Å². The van der Waals surface area contributed by atoms with Gasteiger partial charge >= 0.3 is 0 Å². The monoisotopic (exact) mass is 272 g/mol. The van der Waals surface area contributed by atoms with E-state index >= 15 is 0 Å². The van der Waals surface area contributed by atoms with Gasteiger partial charge in [-0.3, -0.25) is 9.59 Å². The van der Waals surface area contributed by atoms with Crippen LogP contribution in [0.25, 0.3) is 0 Å². The summed E-state index contributed by atoms with van der Waals surface area (Å²) in [7, 11) is 0. The molecule has 1 amide bonds. The summed E-state index contributed by atoms with van der Waals surface area (Å²) in [5.41, 5.74) is 5.33. The number of nitrogens with two attached hydrogens (primary N) is 1.